The number of aliphatic carboxylic acids is 1. The number of hydrogen-bond acceptors (Lipinski definition) is 6. The van der Waals surface area contributed by atoms with E-state index in [1.807, 2.05) is 0 Å². The van der Waals surface area contributed by atoms with Crippen LogP contribution in [-0.2, 0) is 29.4 Å². The maximum absolute atomic E-state index is 13.2. The number of pyridine rings is 1. The number of ether oxygens (including phenoxy) is 2. The van der Waals surface area contributed by atoms with Gasteiger partial charge in [0.25, 0.3) is 5.91 Å². The highest BCUT2D eigenvalue weighted by atomic mass is 19.4. The van der Waals surface area contributed by atoms with E-state index in [2.05, 4.69) is 15.4 Å². The van der Waals surface area contributed by atoms with E-state index < -0.39 is 35.9 Å². The normalized spacial score (nSPS) is 18.4. The zero-order valence-corrected chi connectivity index (χ0v) is 17.3. The van der Waals surface area contributed by atoms with Crippen molar-refractivity contribution in [3.63, 3.8) is 0 Å². The van der Waals surface area contributed by atoms with E-state index in [1.54, 1.807) is 6.07 Å². The quantitative estimate of drug-likeness (QED) is 0.576. The number of aromatic nitrogens is 3. The molecule has 3 aromatic rings. The Labute approximate surface area is 185 Å². The van der Waals surface area contributed by atoms with Gasteiger partial charge in [-0.25, -0.2) is 4.79 Å². The summed E-state index contributed by atoms with van der Waals surface area (Å²) in [5.41, 5.74) is -2.21. The fourth-order valence-corrected chi connectivity index (χ4v) is 3.67. The van der Waals surface area contributed by atoms with Crippen molar-refractivity contribution in [2.24, 2.45) is 7.05 Å². The molecule has 1 unspecified atom stereocenters. The number of benzene rings is 1. The van der Waals surface area contributed by atoms with Gasteiger partial charge in [0.05, 0.1) is 12.1 Å². The monoisotopic (exact) mass is 464 g/mol. The number of carbonyl (C=O) groups excluding carboxylic acids is 1. The zero-order chi connectivity index (χ0) is 23.8. The molecule has 0 spiro atoms. The maximum Gasteiger partial charge on any atom is 0.433 e. The van der Waals surface area contributed by atoms with Gasteiger partial charge >= 0.3 is 12.1 Å². The smallest absolute Gasteiger partial charge is 0.433 e. The molecule has 174 valence electrons. The zero-order valence-electron chi connectivity index (χ0n) is 17.3. The summed E-state index contributed by atoms with van der Waals surface area (Å²) >= 11 is 0. The minimum Gasteiger partial charge on any atom is -0.489 e. The Balaban J connectivity index is 1.61. The summed E-state index contributed by atoms with van der Waals surface area (Å²) in [6.45, 7) is -0.356. The highest BCUT2D eigenvalue weighted by Gasteiger charge is 2.44. The third-order valence-corrected chi connectivity index (χ3v) is 5.36. The molecule has 1 fully saturated rings. The van der Waals surface area contributed by atoms with E-state index in [0.29, 0.717) is 10.9 Å². The first-order valence-electron chi connectivity index (χ1n) is 9.85. The standard InChI is InChI=1S/C21H19F3N4O5/c1-28-16(18(29)26-20(19(30)31)6-8-32-11-20)14-9-13(4-5-15(14)27-28)33-10-12-3-2-7-25-17(12)21(22,23)24/h2-5,7,9H,6,8,10-11H2,1H3,(H,26,29)(H,30,31). The van der Waals surface area contributed by atoms with Gasteiger partial charge < -0.3 is 19.9 Å². The van der Waals surface area contributed by atoms with E-state index in [1.165, 1.54) is 36.0 Å². The lowest BCUT2D eigenvalue weighted by atomic mass is 9.98. The van der Waals surface area contributed by atoms with Crippen molar-refractivity contribution in [1.29, 1.82) is 0 Å². The molecule has 2 aromatic heterocycles. The fourth-order valence-electron chi connectivity index (χ4n) is 3.67. The summed E-state index contributed by atoms with van der Waals surface area (Å²) in [5.74, 6) is -1.67. The van der Waals surface area contributed by atoms with Crippen LogP contribution in [0.3, 0.4) is 0 Å². The molecule has 1 aliphatic rings. The van der Waals surface area contributed by atoms with E-state index >= 15 is 0 Å². The molecule has 12 heteroatoms. The molecule has 4 rings (SSSR count). The lowest BCUT2D eigenvalue weighted by molar-refractivity contribution is -0.144. The number of carboxylic acid groups (broad SMARTS) is 1. The topological polar surface area (TPSA) is 116 Å². The molecule has 1 amide bonds. The van der Waals surface area contributed by atoms with Gasteiger partial charge in [-0.2, -0.15) is 18.3 Å². The Bertz CT molecular complexity index is 1220. The molecule has 0 aliphatic carbocycles. The van der Waals surface area contributed by atoms with Crippen molar-refractivity contribution in [1.82, 2.24) is 20.1 Å². The Morgan fingerprint density at radius 3 is 2.79 bits per heavy atom. The van der Waals surface area contributed by atoms with Crippen LogP contribution >= 0.6 is 0 Å². The first-order chi connectivity index (χ1) is 15.6. The van der Waals surface area contributed by atoms with Gasteiger partial charge in [0.15, 0.2) is 11.2 Å². The Morgan fingerprint density at radius 1 is 1.33 bits per heavy atom. The van der Waals surface area contributed by atoms with Crippen molar-refractivity contribution in [2.45, 2.75) is 24.7 Å². The summed E-state index contributed by atoms with van der Waals surface area (Å²) in [5, 5.41) is 16.7. The van der Waals surface area contributed by atoms with Crippen molar-refractivity contribution >= 4 is 22.8 Å². The minimum absolute atomic E-state index is 0.0836. The van der Waals surface area contributed by atoms with Crippen molar-refractivity contribution < 1.29 is 37.3 Å². The number of alkyl halides is 3. The lowest BCUT2D eigenvalue weighted by Crippen LogP contribution is -2.55. The molecule has 3 heterocycles. The summed E-state index contributed by atoms with van der Waals surface area (Å²) < 4.78 is 51.5. The fraction of sp³-hybridized carbons (Fsp3) is 0.333. The molecule has 2 N–H and O–H groups in total. The Kier molecular flexibility index (Phi) is 5.70. The van der Waals surface area contributed by atoms with Crippen molar-refractivity contribution in [3.8, 4) is 5.75 Å². The number of rotatable bonds is 6. The van der Waals surface area contributed by atoms with Gasteiger partial charge in [-0.05, 0) is 24.3 Å². The van der Waals surface area contributed by atoms with Gasteiger partial charge in [0, 0.05) is 37.2 Å². The predicted molar refractivity (Wildman–Crippen MR) is 108 cm³/mol. The first-order valence-corrected chi connectivity index (χ1v) is 9.85. The number of halogens is 3. The average molecular weight is 464 g/mol. The van der Waals surface area contributed by atoms with Crippen LogP contribution in [0.25, 0.3) is 10.9 Å². The number of amides is 1. The summed E-state index contributed by atoms with van der Waals surface area (Å²) in [7, 11) is 1.53. The van der Waals surface area contributed by atoms with E-state index in [-0.39, 0.29) is 36.6 Å². The molecule has 1 aromatic carbocycles. The average Bonchev–Trinajstić information content (AvgIpc) is 3.35. The highest BCUT2D eigenvalue weighted by molar-refractivity contribution is 6.07. The minimum atomic E-state index is -4.62. The number of nitrogens with one attached hydrogen (secondary N) is 1. The highest BCUT2D eigenvalue weighted by Crippen LogP contribution is 2.31. The van der Waals surface area contributed by atoms with Crippen molar-refractivity contribution in [3.05, 3.63) is 53.5 Å². The number of nitrogens with zero attached hydrogens (tertiary/aromatic N) is 3. The molecule has 0 saturated carbocycles. The van der Waals surface area contributed by atoms with Gasteiger partial charge in [-0.3, -0.25) is 14.5 Å². The first kappa shape index (κ1) is 22.5. The number of aryl methyl sites for hydroxylation is 1. The third kappa shape index (κ3) is 4.33. The summed E-state index contributed by atoms with van der Waals surface area (Å²) in [6, 6.07) is 7.20. The Morgan fingerprint density at radius 2 is 2.12 bits per heavy atom. The maximum atomic E-state index is 13.2. The Hall–Kier alpha value is -3.67. The van der Waals surface area contributed by atoms with Crippen LogP contribution in [0.4, 0.5) is 13.2 Å². The number of hydrogen-bond donors (Lipinski definition) is 2. The summed E-state index contributed by atoms with van der Waals surface area (Å²) in [6.07, 6.45) is -3.45. The predicted octanol–water partition coefficient (Wildman–Crippen LogP) is 2.54. The van der Waals surface area contributed by atoms with Crippen LogP contribution in [0.1, 0.15) is 28.2 Å². The molecule has 33 heavy (non-hydrogen) atoms. The van der Waals surface area contributed by atoms with E-state index in [9.17, 15) is 27.9 Å². The van der Waals surface area contributed by atoms with Gasteiger partial charge in [0.2, 0.25) is 0 Å². The van der Waals surface area contributed by atoms with E-state index in [0.717, 1.165) is 6.20 Å². The van der Waals surface area contributed by atoms with Crippen LogP contribution in [0.2, 0.25) is 0 Å². The molecule has 0 radical (unpaired) electrons. The number of carbonyl (C=O) groups is 2. The van der Waals surface area contributed by atoms with Crippen LogP contribution in [0, 0.1) is 0 Å². The summed E-state index contributed by atoms with van der Waals surface area (Å²) in [4.78, 5) is 28.1. The molecule has 0 bridgehead atoms. The largest absolute Gasteiger partial charge is 0.489 e. The second kappa shape index (κ2) is 8.35. The van der Waals surface area contributed by atoms with Crippen LogP contribution in [0.5, 0.6) is 5.75 Å². The molecular formula is C21H19F3N4O5. The van der Waals surface area contributed by atoms with E-state index in [4.69, 9.17) is 9.47 Å². The van der Waals surface area contributed by atoms with Crippen LogP contribution < -0.4 is 10.1 Å². The number of fused-ring (bicyclic) bond motifs is 1. The molecule has 9 nitrogen and oxygen atoms in total. The second-order valence-electron chi connectivity index (χ2n) is 7.59. The van der Waals surface area contributed by atoms with Gasteiger partial charge in [0.1, 0.15) is 18.1 Å². The van der Waals surface area contributed by atoms with Gasteiger partial charge in [-0.1, -0.05) is 6.07 Å². The SMILES string of the molecule is Cn1nc2ccc(OCc3cccnc3C(F)(F)F)cc2c1C(=O)NC1(C(=O)O)CCOC1. The molecule has 1 atom stereocenters. The van der Waals surface area contributed by atoms with Crippen LogP contribution in [-0.4, -0.2) is 50.5 Å². The van der Waals surface area contributed by atoms with Crippen molar-refractivity contribution in [2.75, 3.05) is 13.2 Å². The number of carboxylic acids is 1. The third-order valence-electron chi connectivity index (χ3n) is 5.36. The van der Waals surface area contributed by atoms with Crippen LogP contribution in [0.15, 0.2) is 36.5 Å². The molecule has 1 aliphatic heterocycles. The lowest BCUT2D eigenvalue weighted by Gasteiger charge is -2.23. The molecular weight excluding hydrogens is 445 g/mol. The molecule has 1 saturated heterocycles. The second-order valence-corrected chi connectivity index (χ2v) is 7.59. The van der Waals surface area contributed by atoms with Gasteiger partial charge in [-0.15, -0.1) is 0 Å².